The third-order valence-corrected chi connectivity index (χ3v) is 6.41. The van der Waals surface area contributed by atoms with Crippen LogP contribution in [0.1, 0.15) is 44.2 Å². The van der Waals surface area contributed by atoms with E-state index in [1.165, 1.54) is 0 Å². The maximum absolute atomic E-state index is 12.8. The van der Waals surface area contributed by atoms with Crippen molar-refractivity contribution in [2.45, 2.75) is 44.8 Å². The molecule has 1 aliphatic carbocycles. The highest BCUT2D eigenvalue weighted by molar-refractivity contribution is 6.23. The van der Waals surface area contributed by atoms with E-state index < -0.39 is 29.7 Å². The molecule has 208 valence electrons. The van der Waals surface area contributed by atoms with Gasteiger partial charge in [0.1, 0.15) is 24.5 Å². The van der Waals surface area contributed by atoms with E-state index in [1.807, 2.05) is 54.6 Å². The maximum atomic E-state index is 12.8. The third-order valence-electron chi connectivity index (χ3n) is 6.41. The van der Waals surface area contributed by atoms with Crippen LogP contribution in [0.2, 0.25) is 0 Å². The van der Waals surface area contributed by atoms with Crippen LogP contribution in [-0.2, 0) is 19.1 Å². The number of ether oxygens (including phenoxy) is 2. The van der Waals surface area contributed by atoms with E-state index >= 15 is 0 Å². The van der Waals surface area contributed by atoms with Gasteiger partial charge in [0.05, 0.1) is 11.4 Å². The van der Waals surface area contributed by atoms with E-state index in [2.05, 4.69) is 10.3 Å². The Morgan fingerprint density at radius 1 is 1.05 bits per heavy atom. The largest absolute Gasteiger partial charge is 0.480 e. The molecule has 4 rings (SSSR count). The van der Waals surface area contributed by atoms with E-state index in [0.717, 1.165) is 28.5 Å². The third kappa shape index (κ3) is 6.85. The van der Waals surface area contributed by atoms with Gasteiger partial charge in [-0.15, -0.1) is 0 Å². The molecule has 0 radical (unpaired) electrons. The number of hydrogen-bond donors (Lipinski definition) is 2. The highest BCUT2D eigenvalue weighted by Gasteiger charge is 2.30. The number of amides is 1. The number of hydrogen-bond acceptors (Lipinski definition) is 7. The molecule has 0 unspecified atom stereocenters. The van der Waals surface area contributed by atoms with Gasteiger partial charge in [0.25, 0.3) is 0 Å². The SMILES string of the molecule is CN1C=CC=C/C1=C(C[C@H](NC(=O)OCC1c2ccccc2-c2ccccc21)C(=O)O)/N=C\C(=O)OC(C)(C)C. The van der Waals surface area contributed by atoms with E-state index in [9.17, 15) is 19.5 Å². The van der Waals surface area contributed by atoms with Crippen molar-refractivity contribution in [3.8, 4) is 11.1 Å². The van der Waals surface area contributed by atoms with E-state index in [1.54, 1.807) is 51.1 Å². The Kier molecular flexibility index (Phi) is 8.52. The Morgan fingerprint density at radius 3 is 2.25 bits per heavy atom. The molecule has 1 heterocycles. The summed E-state index contributed by atoms with van der Waals surface area (Å²) < 4.78 is 10.8. The van der Waals surface area contributed by atoms with Gasteiger partial charge in [-0.05, 0) is 55.2 Å². The fourth-order valence-electron chi connectivity index (χ4n) is 4.68. The van der Waals surface area contributed by atoms with Crippen molar-refractivity contribution < 1.29 is 29.0 Å². The number of nitrogens with one attached hydrogen (secondary N) is 1. The first-order valence-corrected chi connectivity index (χ1v) is 13.0. The first kappa shape index (κ1) is 28.4. The Balaban J connectivity index is 1.48. The van der Waals surface area contributed by atoms with Gasteiger partial charge in [-0.25, -0.2) is 14.4 Å². The smallest absolute Gasteiger partial charge is 0.407 e. The van der Waals surface area contributed by atoms with Crippen molar-refractivity contribution in [3.05, 3.63) is 95.5 Å². The van der Waals surface area contributed by atoms with Crippen LogP contribution >= 0.6 is 0 Å². The molecule has 40 heavy (non-hydrogen) atoms. The summed E-state index contributed by atoms with van der Waals surface area (Å²) in [7, 11) is 1.77. The van der Waals surface area contributed by atoms with Gasteiger partial charge < -0.3 is 24.8 Å². The van der Waals surface area contributed by atoms with Crippen LogP contribution in [0.15, 0.2) is 89.3 Å². The summed E-state index contributed by atoms with van der Waals surface area (Å²) in [5.41, 5.74) is 4.42. The standard InChI is InChI=1S/C31H33N3O6/c1-31(2,3)40-28(35)18-32-25(27-15-9-10-16-34(27)4)17-26(29(36)37)33-30(38)39-19-24-22-13-7-5-11-20(22)21-12-6-8-14-23(21)24/h5-16,18,24,26H,17,19H2,1-4H3,(H,33,38)(H,36,37)/b27-25-,32-18-/t26-/m0/s1. The molecule has 1 aliphatic heterocycles. The van der Waals surface area contributed by atoms with Crippen LogP contribution in [-0.4, -0.2) is 59.6 Å². The summed E-state index contributed by atoms with van der Waals surface area (Å²) in [6.45, 7) is 5.26. The number of carboxylic acid groups (broad SMARTS) is 1. The minimum absolute atomic E-state index is 0.0488. The molecule has 2 aromatic rings. The predicted molar refractivity (Wildman–Crippen MR) is 152 cm³/mol. The van der Waals surface area contributed by atoms with Gasteiger partial charge in [0.2, 0.25) is 0 Å². The first-order valence-electron chi connectivity index (χ1n) is 13.0. The number of carboxylic acids is 1. The summed E-state index contributed by atoms with van der Waals surface area (Å²) in [5, 5.41) is 12.4. The number of allylic oxidation sites excluding steroid dienone is 3. The van der Waals surface area contributed by atoms with Crippen LogP contribution in [0.3, 0.4) is 0 Å². The zero-order valence-corrected chi connectivity index (χ0v) is 23.0. The summed E-state index contributed by atoms with van der Waals surface area (Å²) >= 11 is 0. The van der Waals surface area contributed by atoms with Gasteiger partial charge in [-0.2, -0.15) is 0 Å². The summed E-state index contributed by atoms with van der Waals surface area (Å²) in [4.78, 5) is 43.3. The fraction of sp³-hybridized carbons (Fsp3) is 0.290. The summed E-state index contributed by atoms with van der Waals surface area (Å²) in [5.74, 6) is -2.10. The molecule has 9 nitrogen and oxygen atoms in total. The molecule has 0 saturated heterocycles. The number of benzene rings is 2. The van der Waals surface area contributed by atoms with Crippen molar-refractivity contribution in [1.29, 1.82) is 0 Å². The number of alkyl carbamates (subject to hydrolysis) is 1. The molecule has 0 aromatic heterocycles. The topological polar surface area (TPSA) is 118 Å². The van der Waals surface area contributed by atoms with Gasteiger partial charge in [-0.3, -0.25) is 4.99 Å². The van der Waals surface area contributed by atoms with Crippen LogP contribution < -0.4 is 5.32 Å². The average molecular weight is 544 g/mol. The molecule has 2 aromatic carbocycles. The molecule has 9 heteroatoms. The lowest BCUT2D eigenvalue weighted by Crippen LogP contribution is -2.42. The molecule has 0 bridgehead atoms. The number of esters is 1. The predicted octanol–water partition coefficient (Wildman–Crippen LogP) is 5.01. The molecule has 0 spiro atoms. The number of aliphatic imine (C=N–C) groups is 1. The highest BCUT2D eigenvalue weighted by atomic mass is 16.6. The number of likely N-dealkylation sites (N-methyl/N-ethyl adjacent to an activating group) is 1. The van der Waals surface area contributed by atoms with Gasteiger partial charge in [0, 0.05) is 25.6 Å². The molecule has 2 N–H and O–H groups in total. The molecule has 2 aliphatic rings. The highest BCUT2D eigenvalue weighted by Crippen LogP contribution is 2.44. The lowest BCUT2D eigenvalue weighted by atomic mass is 9.98. The quantitative estimate of drug-likeness (QED) is 0.355. The van der Waals surface area contributed by atoms with Crippen molar-refractivity contribution in [3.63, 3.8) is 0 Å². The average Bonchev–Trinajstić information content (AvgIpc) is 3.22. The van der Waals surface area contributed by atoms with Gasteiger partial charge in [0.15, 0.2) is 0 Å². The molecule has 0 saturated carbocycles. The van der Waals surface area contributed by atoms with E-state index in [-0.39, 0.29) is 24.6 Å². The summed E-state index contributed by atoms with van der Waals surface area (Å²) in [6, 6.07) is 14.5. The number of nitrogens with zero attached hydrogens (tertiary/aromatic N) is 2. The number of carbonyl (C=O) groups is 3. The first-order chi connectivity index (χ1) is 19.0. The number of carbonyl (C=O) groups excluding carboxylic acids is 2. The minimum atomic E-state index is -1.36. The second-order valence-electron chi connectivity index (χ2n) is 10.5. The number of aliphatic carboxylic acids is 1. The van der Waals surface area contributed by atoms with Crippen LogP contribution in [0.4, 0.5) is 4.79 Å². The Hall–Kier alpha value is -4.66. The van der Waals surface area contributed by atoms with Crippen molar-refractivity contribution in [2.24, 2.45) is 4.99 Å². The van der Waals surface area contributed by atoms with Crippen molar-refractivity contribution in [2.75, 3.05) is 13.7 Å². The normalized spacial score (nSPS) is 16.4. The number of rotatable bonds is 8. The van der Waals surface area contributed by atoms with Gasteiger partial charge >= 0.3 is 18.0 Å². The zero-order valence-electron chi connectivity index (χ0n) is 23.0. The molecular formula is C31H33N3O6. The Bertz CT molecular complexity index is 1370. The summed E-state index contributed by atoms with van der Waals surface area (Å²) in [6.07, 6.45) is 7.05. The monoisotopic (exact) mass is 543 g/mol. The van der Waals surface area contributed by atoms with Crippen molar-refractivity contribution >= 4 is 24.2 Å². The zero-order chi connectivity index (χ0) is 28.9. The van der Waals surface area contributed by atoms with Crippen LogP contribution in [0.5, 0.6) is 0 Å². The molecular weight excluding hydrogens is 510 g/mol. The minimum Gasteiger partial charge on any atom is -0.480 e. The lowest BCUT2D eigenvalue weighted by molar-refractivity contribution is -0.145. The van der Waals surface area contributed by atoms with Gasteiger partial charge in [-0.1, -0.05) is 54.6 Å². The van der Waals surface area contributed by atoms with E-state index in [4.69, 9.17) is 9.47 Å². The maximum Gasteiger partial charge on any atom is 0.407 e. The molecule has 1 amide bonds. The lowest BCUT2D eigenvalue weighted by Gasteiger charge is -2.23. The Labute approximate surface area is 233 Å². The van der Waals surface area contributed by atoms with E-state index in [0.29, 0.717) is 5.70 Å². The van der Waals surface area contributed by atoms with Crippen LogP contribution in [0.25, 0.3) is 11.1 Å². The number of fused-ring (bicyclic) bond motifs is 3. The van der Waals surface area contributed by atoms with Crippen LogP contribution in [0, 0.1) is 0 Å². The second-order valence-corrected chi connectivity index (χ2v) is 10.5. The molecule has 1 atom stereocenters. The fourth-order valence-corrected chi connectivity index (χ4v) is 4.68. The van der Waals surface area contributed by atoms with Crippen molar-refractivity contribution in [1.82, 2.24) is 10.2 Å². The Morgan fingerprint density at radius 2 is 1.68 bits per heavy atom. The molecule has 0 fully saturated rings. The second kappa shape index (κ2) is 12.0.